The molecule has 0 aliphatic carbocycles. The minimum absolute atomic E-state index is 0.0102. The summed E-state index contributed by atoms with van der Waals surface area (Å²) in [5.41, 5.74) is -0.470. The number of nitrogens with one attached hydrogen (secondary N) is 2. The molecule has 6 aromatic rings. The van der Waals surface area contributed by atoms with Crippen molar-refractivity contribution < 1.29 is 51.6 Å². The van der Waals surface area contributed by atoms with E-state index >= 15 is 0 Å². The summed E-state index contributed by atoms with van der Waals surface area (Å²) in [5, 5.41) is 2.60. The molecule has 0 bridgehead atoms. The second-order valence-corrected chi connectivity index (χ2v) is 18.7. The van der Waals surface area contributed by atoms with Crippen LogP contribution in [0.25, 0.3) is 0 Å². The molecule has 1 unspecified atom stereocenters. The smallest absolute Gasteiger partial charge is 0.351 e. The van der Waals surface area contributed by atoms with Gasteiger partial charge in [-0.15, -0.1) is 0 Å². The minimum atomic E-state index is -4.09. The van der Waals surface area contributed by atoms with E-state index in [1.807, 2.05) is 78.9 Å². The van der Waals surface area contributed by atoms with Gasteiger partial charge < -0.3 is 42.8 Å². The van der Waals surface area contributed by atoms with Crippen molar-refractivity contribution in [2.24, 2.45) is 0 Å². The van der Waals surface area contributed by atoms with E-state index in [4.69, 9.17) is 37.5 Å². The number of amides is 1. The van der Waals surface area contributed by atoms with Crippen LogP contribution in [0, 0.1) is 6.92 Å². The quantitative estimate of drug-likeness (QED) is 0.0563. The molecule has 0 saturated carbocycles. The Morgan fingerprint density at radius 3 is 1.91 bits per heavy atom. The number of esters is 1. The van der Waals surface area contributed by atoms with Crippen LogP contribution in [0.5, 0.6) is 11.5 Å². The molecule has 2 N–H and O–H groups in total. The molecule has 2 aromatic heterocycles. The maximum absolute atomic E-state index is 14.5. The van der Waals surface area contributed by atoms with Crippen LogP contribution in [-0.2, 0) is 43.0 Å². The van der Waals surface area contributed by atoms with Crippen molar-refractivity contribution >= 4 is 25.3 Å². The van der Waals surface area contributed by atoms with Gasteiger partial charge in [0.15, 0.2) is 0 Å². The highest BCUT2D eigenvalue weighted by Crippen LogP contribution is 2.50. The van der Waals surface area contributed by atoms with Crippen molar-refractivity contribution in [3.05, 3.63) is 187 Å². The highest BCUT2D eigenvalue weighted by Gasteiger charge is 2.46. The summed E-state index contributed by atoms with van der Waals surface area (Å²) in [7, 11) is -0.942. The molecule has 19 nitrogen and oxygen atoms in total. The molecule has 2 saturated heterocycles. The van der Waals surface area contributed by atoms with Crippen LogP contribution >= 0.6 is 7.60 Å². The Bertz CT molecular complexity index is 2970. The number of benzene rings is 4. The maximum Gasteiger partial charge on any atom is 0.351 e. The first-order valence-corrected chi connectivity index (χ1v) is 24.3. The molecule has 2 fully saturated rings. The van der Waals surface area contributed by atoms with Crippen molar-refractivity contribution in [2.75, 3.05) is 39.4 Å². The third kappa shape index (κ3) is 11.0. The highest BCUT2D eigenvalue weighted by molar-refractivity contribution is 7.53. The lowest BCUT2D eigenvalue weighted by Gasteiger charge is -2.37. The monoisotopic (exact) mass is 977 g/mol. The molecule has 1 amide bonds. The van der Waals surface area contributed by atoms with Crippen molar-refractivity contribution in [2.45, 2.75) is 69.2 Å². The Labute approximate surface area is 401 Å². The molecule has 0 radical (unpaired) electrons. The van der Waals surface area contributed by atoms with Crippen LogP contribution in [0.4, 0.5) is 5.82 Å². The lowest BCUT2D eigenvalue weighted by Crippen LogP contribution is -2.38. The van der Waals surface area contributed by atoms with Crippen LogP contribution in [0.2, 0.25) is 0 Å². The SMILES string of the molecule is COc1ccc(C(OC[C@H]2O[C@@H](n3cc(C)c(=O)[nH]c3=O)C[C@@H]2OP(C)(=O)OC[C@H]2O[C@@H](n3ccc(NC(=O)c4ccccc4)nc3=O)C[C@@H]2OC(C)=O)(c2ccccc2)c2ccc(OC)cc2)cc1. The zero-order valence-electron chi connectivity index (χ0n) is 38.9. The summed E-state index contributed by atoms with van der Waals surface area (Å²) in [5.74, 6) is 0.186. The first-order valence-electron chi connectivity index (χ1n) is 22.3. The number of carbonyl (C=O) groups is 2. The first kappa shape index (κ1) is 49.4. The molecule has 4 aromatic carbocycles. The van der Waals surface area contributed by atoms with Gasteiger partial charge in [-0.05, 0) is 66.1 Å². The number of aromatic amines is 1. The molecule has 20 heteroatoms. The van der Waals surface area contributed by atoms with Gasteiger partial charge in [-0.2, -0.15) is 4.98 Å². The lowest BCUT2D eigenvalue weighted by molar-refractivity contribution is -0.150. The number of anilines is 1. The average Bonchev–Trinajstić information content (AvgIpc) is 3.95. The Kier molecular flexibility index (Phi) is 15.1. The molecule has 8 rings (SSSR count). The van der Waals surface area contributed by atoms with Crippen molar-refractivity contribution in [3.63, 3.8) is 0 Å². The second-order valence-electron chi connectivity index (χ2n) is 16.7. The molecule has 2 aliphatic heterocycles. The molecule has 7 atom stereocenters. The number of ether oxygens (including phenoxy) is 6. The number of carbonyl (C=O) groups excluding carboxylic acids is 2. The van der Waals surface area contributed by atoms with Crippen molar-refractivity contribution in [3.8, 4) is 11.5 Å². The Morgan fingerprint density at radius 1 is 0.771 bits per heavy atom. The number of nitrogens with zero attached hydrogens (tertiary/aromatic N) is 3. The van der Waals surface area contributed by atoms with E-state index < -0.39 is 85.5 Å². The predicted molar refractivity (Wildman–Crippen MR) is 254 cm³/mol. The summed E-state index contributed by atoms with van der Waals surface area (Å²) in [6, 6.07) is 34.3. The molecule has 0 spiro atoms. The number of hydrogen-bond donors (Lipinski definition) is 2. The van der Waals surface area contributed by atoms with E-state index in [0.29, 0.717) is 17.1 Å². The number of H-pyrrole nitrogens is 1. The molecule has 2 aliphatic rings. The highest BCUT2D eigenvalue weighted by atomic mass is 31.2. The van der Waals surface area contributed by atoms with Crippen molar-refractivity contribution in [1.82, 2.24) is 19.1 Å². The third-order valence-electron chi connectivity index (χ3n) is 12.0. The fourth-order valence-corrected chi connectivity index (χ4v) is 9.73. The second kappa shape index (κ2) is 21.3. The van der Waals surface area contributed by atoms with E-state index in [-0.39, 0.29) is 30.8 Å². The van der Waals surface area contributed by atoms with Crippen LogP contribution in [0.3, 0.4) is 0 Å². The average molecular weight is 978 g/mol. The Balaban J connectivity index is 1.05. The summed E-state index contributed by atoms with van der Waals surface area (Å²) in [6.45, 7) is 3.45. The summed E-state index contributed by atoms with van der Waals surface area (Å²) in [6.07, 6.45) is -3.23. The topological polar surface area (TPSA) is 227 Å². The zero-order chi connectivity index (χ0) is 49.6. The summed E-state index contributed by atoms with van der Waals surface area (Å²) in [4.78, 5) is 70.2. The van der Waals surface area contributed by atoms with E-state index in [1.54, 1.807) is 51.5 Å². The normalized spacial score (nSPS) is 20.9. The van der Waals surface area contributed by atoms with E-state index in [1.165, 1.54) is 41.2 Å². The number of aryl methyl sites for hydroxylation is 1. The first-order chi connectivity index (χ1) is 33.7. The van der Waals surface area contributed by atoms with Gasteiger partial charge in [0.2, 0.25) is 0 Å². The van der Waals surface area contributed by atoms with Crippen LogP contribution < -0.4 is 31.7 Å². The van der Waals surface area contributed by atoms with Gasteiger partial charge in [-0.1, -0.05) is 72.8 Å². The zero-order valence-corrected chi connectivity index (χ0v) is 39.8. The van der Waals surface area contributed by atoms with Gasteiger partial charge in [-0.25, -0.2) is 9.59 Å². The van der Waals surface area contributed by atoms with Crippen LogP contribution in [0.15, 0.2) is 142 Å². The van der Waals surface area contributed by atoms with Gasteiger partial charge in [0, 0.05) is 50.0 Å². The standard InChI is InChI=1S/C50H52N5O14P/c1-31-28-55(49(60)53-46(31)57)45-27-40(41(67-45)29-64-50(34-14-10-7-11-15-34,35-16-20-37(62-3)21-17-35)36-18-22-38(63-4)23-19-36)69-70(5,61)65-30-42-39(66-32(2)56)26-44(68-42)54-25-24-43(52-48(54)59)51-47(58)33-12-8-6-9-13-33/h6-25,28,39-42,44-45H,26-27,29-30H2,1-5H3,(H,53,57,60)(H,51,52,58,59)/t39-,40-,41+,42+,44+,45+,70?/m0/s1. The molecule has 4 heterocycles. The predicted octanol–water partition coefficient (Wildman–Crippen LogP) is 6.11. The number of rotatable bonds is 18. The number of hydrogen-bond acceptors (Lipinski definition) is 15. The molecule has 366 valence electrons. The fraction of sp³-hybridized carbons (Fsp3) is 0.320. The Hall–Kier alpha value is -6.99. The van der Waals surface area contributed by atoms with E-state index in [9.17, 15) is 28.5 Å². The largest absolute Gasteiger partial charge is 0.497 e. The van der Waals surface area contributed by atoms with Gasteiger partial charge in [0.1, 0.15) is 53.7 Å². The van der Waals surface area contributed by atoms with Crippen LogP contribution in [0.1, 0.15) is 64.8 Å². The van der Waals surface area contributed by atoms with Gasteiger partial charge in [0.05, 0.1) is 33.5 Å². The summed E-state index contributed by atoms with van der Waals surface area (Å²) < 4.78 is 65.7. The van der Waals surface area contributed by atoms with Gasteiger partial charge >= 0.3 is 24.9 Å². The maximum atomic E-state index is 14.5. The molecule has 70 heavy (non-hydrogen) atoms. The third-order valence-corrected chi connectivity index (χ3v) is 13.3. The Morgan fingerprint density at radius 2 is 1.33 bits per heavy atom. The van der Waals surface area contributed by atoms with E-state index in [0.717, 1.165) is 16.7 Å². The lowest BCUT2D eigenvalue weighted by atomic mass is 9.80. The minimum Gasteiger partial charge on any atom is -0.497 e. The van der Waals surface area contributed by atoms with Crippen LogP contribution in [-0.4, -0.2) is 89.5 Å². The fourth-order valence-electron chi connectivity index (χ4n) is 8.54. The number of methoxy groups -OCH3 is 2. The number of aromatic nitrogens is 4. The molecular formula is C50H52N5O14P. The van der Waals surface area contributed by atoms with Gasteiger partial charge in [-0.3, -0.25) is 33.1 Å². The van der Waals surface area contributed by atoms with E-state index in [2.05, 4.69) is 15.3 Å². The van der Waals surface area contributed by atoms with Crippen molar-refractivity contribution in [1.29, 1.82) is 0 Å². The summed E-state index contributed by atoms with van der Waals surface area (Å²) >= 11 is 0. The van der Waals surface area contributed by atoms with Gasteiger partial charge in [0.25, 0.3) is 11.5 Å². The molecular weight excluding hydrogens is 926 g/mol.